The van der Waals surface area contributed by atoms with E-state index < -0.39 is 10.0 Å². The van der Waals surface area contributed by atoms with Crippen LogP contribution in [-0.4, -0.2) is 66.3 Å². The lowest BCUT2D eigenvalue weighted by atomic mass is 10.1. The van der Waals surface area contributed by atoms with Crippen LogP contribution in [0.5, 0.6) is 11.5 Å². The number of sulfonamides is 1. The number of aryl methyl sites for hydroxylation is 1. The molecule has 0 atom stereocenters. The number of anilines is 2. The lowest BCUT2D eigenvalue weighted by molar-refractivity contribution is -0.128. The van der Waals surface area contributed by atoms with Crippen LogP contribution in [0.2, 0.25) is 0 Å². The quantitative estimate of drug-likeness (QED) is 0.478. The first kappa shape index (κ1) is 25.1. The average molecular weight is 524 g/mol. The fraction of sp³-hybridized carbons (Fsp3) is 0.346. The van der Waals surface area contributed by atoms with Gasteiger partial charge >= 0.3 is 0 Å². The summed E-state index contributed by atoms with van der Waals surface area (Å²) in [5.74, 6) is 1.79. The summed E-state index contributed by atoms with van der Waals surface area (Å²) >= 11 is 0. The zero-order valence-electron chi connectivity index (χ0n) is 20.6. The number of carbonyl (C=O) groups is 1. The number of hydrogen-bond donors (Lipinski definition) is 1. The van der Waals surface area contributed by atoms with E-state index >= 15 is 0 Å². The second-order valence-corrected chi connectivity index (χ2v) is 10.9. The van der Waals surface area contributed by atoms with Crippen LogP contribution in [0.4, 0.5) is 11.5 Å². The second kappa shape index (κ2) is 10.8. The first-order valence-electron chi connectivity index (χ1n) is 12.2. The molecule has 5 rings (SSSR count). The van der Waals surface area contributed by atoms with Crippen molar-refractivity contribution in [3.63, 3.8) is 0 Å². The van der Waals surface area contributed by atoms with Crippen LogP contribution < -0.4 is 10.1 Å². The Morgan fingerprint density at radius 2 is 1.86 bits per heavy atom. The zero-order valence-corrected chi connectivity index (χ0v) is 21.4. The topological polar surface area (TPSA) is 114 Å². The molecule has 0 aliphatic carbocycles. The van der Waals surface area contributed by atoms with Gasteiger partial charge in [0.05, 0.1) is 19.4 Å². The van der Waals surface area contributed by atoms with E-state index in [0.717, 1.165) is 23.2 Å². The molecule has 2 saturated heterocycles. The molecule has 11 heteroatoms. The van der Waals surface area contributed by atoms with Gasteiger partial charge in [0.1, 0.15) is 17.3 Å². The van der Waals surface area contributed by atoms with E-state index in [4.69, 9.17) is 9.47 Å². The Bertz CT molecular complexity index is 1360. The number of aromatic nitrogens is 2. The number of ether oxygens (including phenoxy) is 2. The maximum absolute atomic E-state index is 12.9. The van der Waals surface area contributed by atoms with Crippen molar-refractivity contribution < 1.29 is 22.7 Å². The minimum atomic E-state index is -3.69. The highest BCUT2D eigenvalue weighted by atomic mass is 32.2. The predicted molar refractivity (Wildman–Crippen MR) is 137 cm³/mol. The lowest BCUT2D eigenvalue weighted by Gasteiger charge is -2.25. The van der Waals surface area contributed by atoms with E-state index in [9.17, 15) is 13.2 Å². The molecule has 10 nitrogen and oxygen atoms in total. The molecule has 2 aromatic heterocycles. The molecule has 3 aromatic rings. The molecule has 37 heavy (non-hydrogen) atoms. The van der Waals surface area contributed by atoms with Gasteiger partial charge in [-0.3, -0.25) is 4.79 Å². The molecule has 0 unspecified atom stereocenters. The summed E-state index contributed by atoms with van der Waals surface area (Å²) in [6.45, 7) is 4.43. The van der Waals surface area contributed by atoms with Crippen molar-refractivity contribution in [2.75, 3.05) is 38.2 Å². The average Bonchev–Trinajstić information content (AvgIpc) is 3.32. The normalized spacial score (nSPS) is 16.7. The van der Waals surface area contributed by atoms with Gasteiger partial charge in [0.15, 0.2) is 5.03 Å². The number of benzene rings is 1. The van der Waals surface area contributed by atoms with Crippen LogP contribution in [0, 0.1) is 6.92 Å². The van der Waals surface area contributed by atoms with Crippen molar-refractivity contribution in [3.05, 3.63) is 66.0 Å². The van der Waals surface area contributed by atoms with E-state index in [1.807, 2.05) is 42.2 Å². The number of hydrogen-bond acceptors (Lipinski definition) is 8. The van der Waals surface area contributed by atoms with Gasteiger partial charge < -0.3 is 19.7 Å². The Morgan fingerprint density at radius 1 is 1.03 bits per heavy atom. The van der Waals surface area contributed by atoms with Gasteiger partial charge in [0, 0.05) is 50.0 Å². The summed E-state index contributed by atoms with van der Waals surface area (Å²) in [6.07, 6.45) is 4.58. The van der Waals surface area contributed by atoms with Crippen molar-refractivity contribution >= 4 is 27.4 Å². The number of nitrogens with one attached hydrogen (secondary N) is 1. The lowest BCUT2D eigenvalue weighted by Crippen LogP contribution is -2.40. The van der Waals surface area contributed by atoms with Crippen LogP contribution >= 0.6 is 0 Å². The fourth-order valence-electron chi connectivity index (χ4n) is 4.27. The highest BCUT2D eigenvalue weighted by Crippen LogP contribution is 2.31. The van der Waals surface area contributed by atoms with E-state index in [2.05, 4.69) is 15.3 Å². The molecule has 2 aliphatic rings. The summed E-state index contributed by atoms with van der Waals surface area (Å²) in [6, 6.07) is 12.6. The van der Waals surface area contributed by atoms with Crippen LogP contribution in [-0.2, 0) is 26.1 Å². The van der Waals surface area contributed by atoms with Gasteiger partial charge in [-0.15, -0.1) is 0 Å². The summed E-state index contributed by atoms with van der Waals surface area (Å²) in [4.78, 5) is 22.7. The molecule has 2 fully saturated rings. The summed E-state index contributed by atoms with van der Waals surface area (Å²) in [7, 11) is -3.69. The maximum atomic E-state index is 12.9. The molecule has 0 bridgehead atoms. The smallest absolute Gasteiger partial charge is 0.260 e. The Kier molecular flexibility index (Phi) is 7.36. The fourth-order valence-corrected chi connectivity index (χ4v) is 5.59. The van der Waals surface area contributed by atoms with Crippen molar-refractivity contribution in [3.8, 4) is 11.5 Å². The SMILES string of the molecule is Cc1ccc(Nc2ccc(Oc3ccc(S(=O)(=O)N4CCOCC4)nc3)c(CN3CCCC3=O)c2)nc1. The van der Waals surface area contributed by atoms with Gasteiger partial charge in [-0.05, 0) is 55.3 Å². The number of rotatable bonds is 8. The van der Waals surface area contributed by atoms with Crippen LogP contribution in [0.15, 0.2) is 59.9 Å². The van der Waals surface area contributed by atoms with Gasteiger partial charge in [-0.2, -0.15) is 4.31 Å². The third-order valence-corrected chi connectivity index (χ3v) is 8.10. The van der Waals surface area contributed by atoms with E-state index in [0.29, 0.717) is 63.1 Å². The molecular formula is C26H29N5O5S. The maximum Gasteiger partial charge on any atom is 0.260 e. The third-order valence-electron chi connectivity index (χ3n) is 6.29. The van der Waals surface area contributed by atoms with E-state index in [-0.39, 0.29) is 10.9 Å². The number of amides is 1. The number of morpholine rings is 1. The molecule has 0 saturated carbocycles. The number of carbonyl (C=O) groups excluding carboxylic acids is 1. The Hall–Kier alpha value is -3.54. The number of nitrogens with zero attached hydrogens (tertiary/aromatic N) is 4. The molecule has 1 N–H and O–H groups in total. The molecule has 0 radical (unpaired) electrons. The standard InChI is InChI=1S/C26H29N5O5S/c1-19-4-8-24(27-16-19)29-21-5-7-23(20(15-21)18-30-10-2-3-26(30)32)36-22-6-9-25(28-17-22)37(33,34)31-11-13-35-14-12-31/h4-9,15-17H,2-3,10-14,18H2,1H3,(H,27,29). The minimum Gasteiger partial charge on any atom is -0.455 e. The zero-order chi connectivity index (χ0) is 25.8. The van der Waals surface area contributed by atoms with Crippen LogP contribution in [0.25, 0.3) is 0 Å². The number of likely N-dealkylation sites (tertiary alicyclic amines) is 1. The third kappa shape index (κ3) is 5.90. The minimum absolute atomic E-state index is 0.0326. The largest absolute Gasteiger partial charge is 0.455 e. The van der Waals surface area contributed by atoms with Crippen molar-refractivity contribution in [2.24, 2.45) is 0 Å². The van der Waals surface area contributed by atoms with Gasteiger partial charge in [-0.1, -0.05) is 6.07 Å². The Morgan fingerprint density at radius 3 is 2.54 bits per heavy atom. The van der Waals surface area contributed by atoms with Crippen LogP contribution in [0.1, 0.15) is 24.0 Å². The predicted octanol–water partition coefficient (Wildman–Crippen LogP) is 3.46. The molecular weight excluding hydrogens is 494 g/mol. The Balaban J connectivity index is 1.37. The Labute approximate surface area is 216 Å². The van der Waals surface area contributed by atoms with Crippen molar-refractivity contribution in [2.45, 2.75) is 31.3 Å². The molecule has 0 spiro atoms. The first-order chi connectivity index (χ1) is 17.9. The summed E-state index contributed by atoms with van der Waals surface area (Å²) in [5.41, 5.74) is 2.70. The molecule has 1 amide bonds. The van der Waals surface area contributed by atoms with E-state index in [1.165, 1.54) is 16.6 Å². The highest BCUT2D eigenvalue weighted by molar-refractivity contribution is 7.89. The van der Waals surface area contributed by atoms with E-state index in [1.54, 1.807) is 12.3 Å². The monoisotopic (exact) mass is 523 g/mol. The molecule has 194 valence electrons. The first-order valence-corrected chi connectivity index (χ1v) is 13.6. The van der Waals surface area contributed by atoms with Crippen molar-refractivity contribution in [1.82, 2.24) is 19.2 Å². The summed E-state index contributed by atoms with van der Waals surface area (Å²) < 4.78 is 38.5. The van der Waals surface area contributed by atoms with Gasteiger partial charge in [0.2, 0.25) is 5.91 Å². The molecule has 1 aromatic carbocycles. The summed E-state index contributed by atoms with van der Waals surface area (Å²) in [5, 5.41) is 3.26. The van der Waals surface area contributed by atoms with Gasteiger partial charge in [-0.25, -0.2) is 18.4 Å². The van der Waals surface area contributed by atoms with Gasteiger partial charge in [0.25, 0.3) is 10.0 Å². The van der Waals surface area contributed by atoms with Crippen molar-refractivity contribution in [1.29, 1.82) is 0 Å². The molecule has 2 aliphatic heterocycles. The second-order valence-electron chi connectivity index (χ2n) is 9.04. The highest BCUT2D eigenvalue weighted by Gasteiger charge is 2.27. The number of pyridine rings is 2. The molecule has 4 heterocycles. The van der Waals surface area contributed by atoms with Crippen LogP contribution in [0.3, 0.4) is 0 Å².